The van der Waals surface area contributed by atoms with Crippen LogP contribution < -0.4 is 4.72 Å². The molecule has 0 amide bonds. The third kappa shape index (κ3) is 3.93. The Balaban J connectivity index is 2.99. The van der Waals surface area contributed by atoms with Gasteiger partial charge in [0.25, 0.3) is 0 Å². The molecule has 1 aromatic rings. The highest BCUT2D eigenvalue weighted by molar-refractivity contribution is 7.89. The molecule has 0 atom stereocenters. The molecule has 0 saturated carbocycles. The lowest BCUT2D eigenvalue weighted by atomic mass is 10.2. The Morgan fingerprint density at radius 1 is 1.28 bits per heavy atom. The fraction of sp³-hybridized carbons (Fsp3) is 0.333. The molecular formula is C9H9F4NO3S. The molecule has 0 fully saturated rings. The van der Waals surface area contributed by atoms with Crippen LogP contribution in [-0.4, -0.2) is 26.2 Å². The molecule has 18 heavy (non-hydrogen) atoms. The average molecular weight is 287 g/mol. The number of aliphatic hydroxyl groups is 1. The van der Waals surface area contributed by atoms with Gasteiger partial charge >= 0.3 is 6.18 Å². The van der Waals surface area contributed by atoms with Gasteiger partial charge in [0.15, 0.2) is 0 Å². The maximum Gasteiger partial charge on any atom is 0.402 e. The first-order valence-electron chi connectivity index (χ1n) is 4.61. The second-order valence-corrected chi connectivity index (χ2v) is 5.12. The Labute approximate surface area is 100 Å². The molecule has 0 spiro atoms. The van der Waals surface area contributed by atoms with E-state index in [1.54, 1.807) is 0 Å². The summed E-state index contributed by atoms with van der Waals surface area (Å²) in [7, 11) is -4.39. The van der Waals surface area contributed by atoms with Crippen LogP contribution in [0.2, 0.25) is 0 Å². The molecule has 0 aliphatic heterocycles. The van der Waals surface area contributed by atoms with Crippen molar-refractivity contribution in [3.05, 3.63) is 29.6 Å². The Kier molecular flexibility index (Phi) is 4.30. The standard InChI is InChI=1S/C9H9F4NO3S/c10-8-2-1-7(3-6(8)4-15)18(16,17)14-5-9(11,12)13/h1-3,14-15H,4-5H2. The summed E-state index contributed by atoms with van der Waals surface area (Å²) in [4.78, 5) is -0.544. The highest BCUT2D eigenvalue weighted by Crippen LogP contribution is 2.17. The summed E-state index contributed by atoms with van der Waals surface area (Å²) >= 11 is 0. The normalized spacial score (nSPS) is 12.7. The first kappa shape index (κ1) is 14.9. The predicted molar refractivity (Wildman–Crippen MR) is 53.6 cm³/mol. The molecule has 0 aliphatic carbocycles. The number of nitrogens with one attached hydrogen (secondary N) is 1. The maximum absolute atomic E-state index is 13.0. The zero-order chi connectivity index (χ0) is 14.0. The van der Waals surface area contributed by atoms with Crippen molar-refractivity contribution in [2.45, 2.75) is 17.7 Å². The first-order chi connectivity index (χ1) is 8.15. The van der Waals surface area contributed by atoms with E-state index < -0.39 is 40.1 Å². The second kappa shape index (κ2) is 5.21. The number of alkyl halides is 3. The molecule has 4 nitrogen and oxygen atoms in total. The van der Waals surface area contributed by atoms with E-state index in [9.17, 15) is 26.0 Å². The van der Waals surface area contributed by atoms with Gasteiger partial charge < -0.3 is 5.11 Å². The van der Waals surface area contributed by atoms with E-state index in [2.05, 4.69) is 0 Å². The lowest BCUT2D eigenvalue weighted by Gasteiger charge is -2.10. The largest absolute Gasteiger partial charge is 0.402 e. The minimum atomic E-state index is -4.69. The van der Waals surface area contributed by atoms with Gasteiger partial charge in [-0.2, -0.15) is 13.2 Å². The summed E-state index contributed by atoms with van der Waals surface area (Å²) in [5, 5.41) is 8.73. The van der Waals surface area contributed by atoms with Gasteiger partial charge in [0, 0.05) is 5.56 Å². The number of aliphatic hydroxyl groups excluding tert-OH is 1. The lowest BCUT2D eigenvalue weighted by Crippen LogP contribution is -2.33. The van der Waals surface area contributed by atoms with Gasteiger partial charge in [-0.1, -0.05) is 0 Å². The van der Waals surface area contributed by atoms with Crippen LogP contribution in [0.1, 0.15) is 5.56 Å². The van der Waals surface area contributed by atoms with Crippen molar-refractivity contribution >= 4 is 10.0 Å². The number of rotatable bonds is 4. The summed E-state index contributed by atoms with van der Waals surface area (Å²) in [6, 6.07) is 2.34. The zero-order valence-electron chi connectivity index (χ0n) is 8.83. The van der Waals surface area contributed by atoms with Crippen LogP contribution in [0.15, 0.2) is 23.1 Å². The highest BCUT2D eigenvalue weighted by Gasteiger charge is 2.30. The molecule has 0 radical (unpaired) electrons. The average Bonchev–Trinajstić information content (AvgIpc) is 2.26. The summed E-state index contributed by atoms with van der Waals surface area (Å²) in [6.45, 7) is -2.48. The molecule has 0 saturated heterocycles. The van der Waals surface area contributed by atoms with Gasteiger partial charge in [-0.25, -0.2) is 17.5 Å². The molecule has 102 valence electrons. The maximum atomic E-state index is 13.0. The number of hydrogen-bond acceptors (Lipinski definition) is 3. The van der Waals surface area contributed by atoms with Crippen LogP contribution in [0.3, 0.4) is 0 Å². The molecule has 1 aromatic carbocycles. The topological polar surface area (TPSA) is 66.4 Å². The summed E-state index contributed by atoms with van der Waals surface area (Å²) in [6.07, 6.45) is -4.69. The minimum Gasteiger partial charge on any atom is -0.392 e. The molecule has 9 heteroatoms. The summed E-state index contributed by atoms with van der Waals surface area (Å²) in [5.41, 5.74) is -0.315. The predicted octanol–water partition coefficient (Wildman–Crippen LogP) is 1.16. The van der Waals surface area contributed by atoms with Gasteiger partial charge in [0.2, 0.25) is 10.0 Å². The Bertz CT molecular complexity index is 527. The molecule has 0 aromatic heterocycles. The Morgan fingerprint density at radius 2 is 1.89 bits per heavy atom. The first-order valence-corrected chi connectivity index (χ1v) is 6.10. The number of halogens is 4. The third-order valence-electron chi connectivity index (χ3n) is 1.96. The van der Waals surface area contributed by atoms with Crippen molar-refractivity contribution in [2.75, 3.05) is 6.54 Å². The van der Waals surface area contributed by atoms with Gasteiger partial charge in [-0.3, -0.25) is 0 Å². The van der Waals surface area contributed by atoms with E-state index in [0.29, 0.717) is 0 Å². The molecule has 0 bridgehead atoms. The smallest absolute Gasteiger partial charge is 0.392 e. The lowest BCUT2D eigenvalue weighted by molar-refractivity contribution is -0.121. The monoisotopic (exact) mass is 287 g/mol. The molecule has 2 N–H and O–H groups in total. The van der Waals surface area contributed by atoms with Crippen molar-refractivity contribution in [2.24, 2.45) is 0 Å². The van der Waals surface area contributed by atoms with E-state index in [1.165, 1.54) is 4.72 Å². The van der Waals surface area contributed by atoms with E-state index in [0.717, 1.165) is 18.2 Å². The number of hydrogen-bond donors (Lipinski definition) is 2. The van der Waals surface area contributed by atoms with E-state index in [-0.39, 0.29) is 5.56 Å². The molecule has 1 rings (SSSR count). The molecule has 0 aliphatic rings. The van der Waals surface area contributed by atoms with Gasteiger partial charge in [0.05, 0.1) is 11.5 Å². The van der Waals surface area contributed by atoms with Crippen molar-refractivity contribution in [1.82, 2.24) is 4.72 Å². The van der Waals surface area contributed by atoms with Crippen LogP contribution >= 0.6 is 0 Å². The number of benzene rings is 1. The van der Waals surface area contributed by atoms with Crippen molar-refractivity contribution < 1.29 is 31.1 Å². The fourth-order valence-electron chi connectivity index (χ4n) is 1.10. The minimum absolute atomic E-state index is 0.315. The van der Waals surface area contributed by atoms with Crippen LogP contribution in [0.5, 0.6) is 0 Å². The van der Waals surface area contributed by atoms with Crippen molar-refractivity contribution in [3.8, 4) is 0 Å². The van der Waals surface area contributed by atoms with Gasteiger partial charge in [-0.05, 0) is 18.2 Å². The Morgan fingerprint density at radius 3 is 2.39 bits per heavy atom. The van der Waals surface area contributed by atoms with E-state index in [4.69, 9.17) is 5.11 Å². The third-order valence-corrected chi connectivity index (χ3v) is 3.36. The van der Waals surface area contributed by atoms with E-state index in [1.807, 2.05) is 0 Å². The van der Waals surface area contributed by atoms with Crippen LogP contribution in [0.25, 0.3) is 0 Å². The van der Waals surface area contributed by atoms with Gasteiger partial charge in [-0.15, -0.1) is 0 Å². The van der Waals surface area contributed by atoms with Crippen LogP contribution in [0.4, 0.5) is 17.6 Å². The zero-order valence-corrected chi connectivity index (χ0v) is 9.65. The van der Waals surface area contributed by atoms with Crippen molar-refractivity contribution in [3.63, 3.8) is 0 Å². The van der Waals surface area contributed by atoms with Gasteiger partial charge in [0.1, 0.15) is 12.4 Å². The fourth-order valence-corrected chi connectivity index (χ4v) is 2.16. The highest BCUT2D eigenvalue weighted by atomic mass is 32.2. The Hall–Kier alpha value is -1.19. The summed E-state index contributed by atoms with van der Waals surface area (Å²) < 4.78 is 72.8. The summed E-state index contributed by atoms with van der Waals surface area (Å²) in [5.74, 6) is -0.840. The molecule has 0 unspecified atom stereocenters. The van der Waals surface area contributed by atoms with Crippen LogP contribution in [0, 0.1) is 5.82 Å². The van der Waals surface area contributed by atoms with Crippen LogP contribution in [-0.2, 0) is 16.6 Å². The van der Waals surface area contributed by atoms with E-state index >= 15 is 0 Å². The number of sulfonamides is 1. The SMILES string of the molecule is O=S(=O)(NCC(F)(F)F)c1ccc(F)c(CO)c1. The second-order valence-electron chi connectivity index (χ2n) is 3.35. The molecular weight excluding hydrogens is 278 g/mol. The quantitative estimate of drug-likeness (QED) is 0.817. The molecule has 0 heterocycles. The van der Waals surface area contributed by atoms with Crippen molar-refractivity contribution in [1.29, 1.82) is 0 Å².